The third-order valence-electron chi connectivity index (χ3n) is 4.78. The van der Waals surface area contributed by atoms with Crippen LogP contribution in [0.5, 0.6) is 0 Å². The summed E-state index contributed by atoms with van der Waals surface area (Å²) in [6, 6.07) is 6.24. The number of nitrogen functional groups attached to an aromatic ring is 1. The molecule has 4 heteroatoms. The van der Waals surface area contributed by atoms with Gasteiger partial charge in [-0.25, -0.2) is 0 Å². The zero-order valence-electron chi connectivity index (χ0n) is 12.8. The van der Waals surface area contributed by atoms with Crippen molar-refractivity contribution in [1.82, 2.24) is 9.80 Å². The highest BCUT2D eigenvalue weighted by Crippen LogP contribution is 2.23. The Bertz CT molecular complexity index is 523. The van der Waals surface area contributed by atoms with E-state index in [1.807, 2.05) is 30.0 Å². The van der Waals surface area contributed by atoms with Gasteiger partial charge in [-0.05, 0) is 57.8 Å². The van der Waals surface area contributed by atoms with Gasteiger partial charge in [0.1, 0.15) is 0 Å². The Morgan fingerprint density at radius 1 is 1.19 bits per heavy atom. The van der Waals surface area contributed by atoms with Gasteiger partial charge in [-0.1, -0.05) is 11.6 Å². The lowest BCUT2D eigenvalue weighted by atomic mass is 10.0. The van der Waals surface area contributed by atoms with Crippen molar-refractivity contribution in [2.45, 2.75) is 38.6 Å². The van der Waals surface area contributed by atoms with Crippen LogP contribution < -0.4 is 5.73 Å². The van der Waals surface area contributed by atoms with Gasteiger partial charge in [0, 0.05) is 24.8 Å². The van der Waals surface area contributed by atoms with Crippen molar-refractivity contribution in [2.24, 2.45) is 0 Å². The maximum absolute atomic E-state index is 12.8. The number of aryl methyl sites for hydroxylation is 1. The molecule has 1 atom stereocenters. The molecular weight excluding hydrogens is 262 g/mol. The summed E-state index contributed by atoms with van der Waals surface area (Å²) in [6.07, 6.45) is 4.91. The first-order chi connectivity index (χ1) is 10.1. The Morgan fingerprint density at radius 3 is 2.71 bits per heavy atom. The number of piperidine rings is 1. The van der Waals surface area contributed by atoms with Gasteiger partial charge < -0.3 is 10.6 Å². The summed E-state index contributed by atoms with van der Waals surface area (Å²) < 4.78 is 0. The quantitative estimate of drug-likeness (QED) is 0.849. The molecule has 2 aliphatic heterocycles. The zero-order chi connectivity index (χ0) is 14.8. The predicted octanol–water partition coefficient (Wildman–Crippen LogP) is 2.28. The predicted molar refractivity (Wildman–Crippen MR) is 85.3 cm³/mol. The Kier molecular flexibility index (Phi) is 4.15. The molecule has 2 saturated heterocycles. The van der Waals surface area contributed by atoms with Gasteiger partial charge >= 0.3 is 0 Å². The maximum atomic E-state index is 12.8. The van der Waals surface area contributed by atoms with Gasteiger partial charge in [0.15, 0.2) is 0 Å². The summed E-state index contributed by atoms with van der Waals surface area (Å²) in [7, 11) is 0. The fourth-order valence-corrected chi connectivity index (χ4v) is 3.57. The third kappa shape index (κ3) is 3.05. The van der Waals surface area contributed by atoms with E-state index in [0.717, 1.165) is 25.1 Å². The Hall–Kier alpha value is -1.55. The molecule has 1 aromatic rings. The summed E-state index contributed by atoms with van der Waals surface area (Å²) in [5.41, 5.74) is 8.34. The van der Waals surface area contributed by atoms with E-state index in [4.69, 9.17) is 5.73 Å². The number of nitrogens with zero attached hydrogens (tertiary/aromatic N) is 2. The van der Waals surface area contributed by atoms with Gasteiger partial charge in [0.25, 0.3) is 5.91 Å². The first kappa shape index (κ1) is 14.4. The SMILES string of the molecule is Cc1ccc(N)c(C(=O)N2CCCC(N3CCCC3)C2)c1. The van der Waals surface area contributed by atoms with Crippen molar-refractivity contribution < 1.29 is 4.79 Å². The van der Waals surface area contributed by atoms with E-state index < -0.39 is 0 Å². The molecule has 4 nitrogen and oxygen atoms in total. The van der Waals surface area contributed by atoms with E-state index in [9.17, 15) is 4.79 Å². The maximum Gasteiger partial charge on any atom is 0.256 e. The molecule has 2 N–H and O–H groups in total. The lowest BCUT2D eigenvalue weighted by molar-refractivity contribution is 0.0609. The zero-order valence-corrected chi connectivity index (χ0v) is 12.8. The molecule has 0 radical (unpaired) electrons. The molecule has 0 bridgehead atoms. The number of rotatable bonds is 2. The van der Waals surface area contributed by atoms with Crippen LogP contribution in [-0.2, 0) is 0 Å². The minimum Gasteiger partial charge on any atom is -0.398 e. The molecule has 21 heavy (non-hydrogen) atoms. The lowest BCUT2D eigenvalue weighted by Crippen LogP contribution is -2.49. The van der Waals surface area contributed by atoms with Crippen molar-refractivity contribution in [3.05, 3.63) is 29.3 Å². The standard InChI is InChI=1S/C17H25N3O/c1-13-6-7-16(18)15(11-13)17(21)20-10-4-5-14(12-20)19-8-2-3-9-19/h6-7,11,14H,2-5,8-10,12,18H2,1H3. The molecule has 0 saturated carbocycles. The number of nitrogens with two attached hydrogens (primary N) is 1. The fraction of sp³-hybridized carbons (Fsp3) is 0.588. The average molecular weight is 287 g/mol. The molecular formula is C17H25N3O. The summed E-state index contributed by atoms with van der Waals surface area (Å²) in [6.45, 7) is 6.10. The highest BCUT2D eigenvalue weighted by molar-refractivity contribution is 5.99. The molecule has 0 spiro atoms. The number of carbonyl (C=O) groups is 1. The van der Waals surface area contributed by atoms with Gasteiger partial charge in [0.2, 0.25) is 0 Å². The van der Waals surface area contributed by atoms with Crippen molar-refractivity contribution in [1.29, 1.82) is 0 Å². The minimum atomic E-state index is 0.0973. The third-order valence-corrected chi connectivity index (χ3v) is 4.78. The second-order valence-electron chi connectivity index (χ2n) is 6.38. The molecule has 1 amide bonds. The summed E-state index contributed by atoms with van der Waals surface area (Å²) in [5, 5.41) is 0. The summed E-state index contributed by atoms with van der Waals surface area (Å²) >= 11 is 0. The smallest absolute Gasteiger partial charge is 0.256 e. The van der Waals surface area contributed by atoms with Crippen LogP contribution in [0.3, 0.4) is 0 Å². The number of benzene rings is 1. The molecule has 1 aromatic carbocycles. The summed E-state index contributed by atoms with van der Waals surface area (Å²) in [5.74, 6) is 0.0973. The molecule has 3 rings (SSSR count). The van der Waals surface area contributed by atoms with Gasteiger partial charge in [0.05, 0.1) is 5.56 Å². The Labute approximate surface area is 126 Å². The number of anilines is 1. The average Bonchev–Trinajstić information content (AvgIpc) is 3.03. The topological polar surface area (TPSA) is 49.6 Å². The number of likely N-dealkylation sites (tertiary alicyclic amines) is 2. The van der Waals surface area contributed by atoms with Crippen molar-refractivity contribution in [2.75, 3.05) is 31.9 Å². The van der Waals surface area contributed by atoms with Gasteiger partial charge in [-0.3, -0.25) is 9.69 Å². The van der Waals surface area contributed by atoms with Gasteiger partial charge in [-0.2, -0.15) is 0 Å². The lowest BCUT2D eigenvalue weighted by Gasteiger charge is -2.37. The van der Waals surface area contributed by atoms with E-state index in [-0.39, 0.29) is 5.91 Å². The number of amides is 1. The summed E-state index contributed by atoms with van der Waals surface area (Å²) in [4.78, 5) is 17.3. The second-order valence-corrected chi connectivity index (χ2v) is 6.38. The first-order valence-electron chi connectivity index (χ1n) is 8.04. The van der Waals surface area contributed by atoms with Crippen molar-refractivity contribution >= 4 is 11.6 Å². The van der Waals surface area contributed by atoms with E-state index >= 15 is 0 Å². The number of hydrogen-bond donors (Lipinski definition) is 1. The van der Waals surface area contributed by atoms with Crippen LogP contribution in [-0.4, -0.2) is 47.9 Å². The van der Waals surface area contributed by atoms with E-state index in [0.29, 0.717) is 17.3 Å². The van der Waals surface area contributed by atoms with Crippen LogP contribution >= 0.6 is 0 Å². The fourth-order valence-electron chi connectivity index (χ4n) is 3.57. The van der Waals surface area contributed by atoms with Crippen LogP contribution in [0.15, 0.2) is 18.2 Å². The molecule has 2 aliphatic rings. The van der Waals surface area contributed by atoms with E-state index in [2.05, 4.69) is 4.90 Å². The Morgan fingerprint density at radius 2 is 1.95 bits per heavy atom. The number of carbonyl (C=O) groups excluding carboxylic acids is 1. The normalized spacial score (nSPS) is 23.5. The van der Waals surface area contributed by atoms with Crippen LogP contribution in [0.2, 0.25) is 0 Å². The second kappa shape index (κ2) is 6.06. The van der Waals surface area contributed by atoms with Crippen LogP contribution in [0, 0.1) is 6.92 Å². The molecule has 2 fully saturated rings. The molecule has 0 aliphatic carbocycles. The molecule has 1 unspecified atom stereocenters. The highest BCUT2D eigenvalue weighted by atomic mass is 16.2. The van der Waals surface area contributed by atoms with Crippen LogP contribution in [0.4, 0.5) is 5.69 Å². The molecule has 114 valence electrons. The van der Waals surface area contributed by atoms with E-state index in [1.165, 1.54) is 32.4 Å². The molecule has 2 heterocycles. The minimum absolute atomic E-state index is 0.0973. The highest BCUT2D eigenvalue weighted by Gasteiger charge is 2.30. The van der Waals surface area contributed by atoms with Crippen LogP contribution in [0.1, 0.15) is 41.6 Å². The van der Waals surface area contributed by atoms with Crippen LogP contribution in [0.25, 0.3) is 0 Å². The van der Waals surface area contributed by atoms with Gasteiger partial charge in [-0.15, -0.1) is 0 Å². The largest absolute Gasteiger partial charge is 0.398 e. The first-order valence-corrected chi connectivity index (χ1v) is 8.04. The van der Waals surface area contributed by atoms with Crippen molar-refractivity contribution in [3.63, 3.8) is 0 Å². The van der Waals surface area contributed by atoms with Crippen molar-refractivity contribution in [3.8, 4) is 0 Å². The number of hydrogen-bond acceptors (Lipinski definition) is 3. The monoisotopic (exact) mass is 287 g/mol. The Balaban J connectivity index is 1.73. The molecule has 0 aromatic heterocycles. The van der Waals surface area contributed by atoms with E-state index in [1.54, 1.807) is 0 Å².